The van der Waals surface area contributed by atoms with Crippen molar-refractivity contribution in [3.63, 3.8) is 0 Å². The minimum atomic E-state index is -0.445. The minimum absolute atomic E-state index is 0.0309. The van der Waals surface area contributed by atoms with E-state index < -0.39 is 11.6 Å². The zero-order chi connectivity index (χ0) is 21.1. The van der Waals surface area contributed by atoms with Gasteiger partial charge in [0.15, 0.2) is 0 Å². The van der Waals surface area contributed by atoms with Crippen LogP contribution in [0.2, 0.25) is 0 Å². The number of nitrogens with zero attached hydrogens (tertiary/aromatic N) is 1. The van der Waals surface area contributed by atoms with E-state index in [0.717, 1.165) is 27.3 Å². The van der Waals surface area contributed by atoms with Gasteiger partial charge in [0.2, 0.25) is 0 Å². The first-order valence-corrected chi connectivity index (χ1v) is 10.3. The number of carbonyl (C=O) groups is 1. The molecule has 6 nitrogen and oxygen atoms in total. The normalized spacial score (nSPS) is 10.9. The number of carbonyl (C=O) groups excluding carboxylic acids is 1. The molecule has 0 saturated heterocycles. The Balaban J connectivity index is 1.49. The molecular formula is C23H19NO5S. The molecule has 4 rings (SSSR count). The predicted molar refractivity (Wildman–Crippen MR) is 115 cm³/mol. The first kappa shape index (κ1) is 19.8. The summed E-state index contributed by atoms with van der Waals surface area (Å²) in [4.78, 5) is 28.5. The molecule has 152 valence electrons. The summed E-state index contributed by atoms with van der Waals surface area (Å²) in [5, 5.41) is 3.42. The third kappa shape index (κ3) is 4.26. The van der Waals surface area contributed by atoms with Crippen molar-refractivity contribution in [2.24, 2.45) is 0 Å². The van der Waals surface area contributed by atoms with Crippen molar-refractivity contribution in [1.29, 1.82) is 0 Å². The Bertz CT molecular complexity index is 1270. The fraction of sp³-hybridized carbons (Fsp3) is 0.174. The SMILES string of the molecule is CCOc1ccccc1-c1nc(CC(=O)Oc2ccc3c(C)cc(=O)oc3c2)cs1. The smallest absolute Gasteiger partial charge is 0.336 e. The zero-order valence-corrected chi connectivity index (χ0v) is 17.3. The molecular weight excluding hydrogens is 402 g/mol. The molecule has 0 atom stereocenters. The Morgan fingerprint density at radius 2 is 2.00 bits per heavy atom. The van der Waals surface area contributed by atoms with E-state index in [2.05, 4.69) is 4.98 Å². The quantitative estimate of drug-likeness (QED) is 0.253. The highest BCUT2D eigenvalue weighted by molar-refractivity contribution is 7.13. The second-order valence-electron chi connectivity index (χ2n) is 6.63. The van der Waals surface area contributed by atoms with Crippen LogP contribution in [0.15, 0.2) is 63.1 Å². The lowest BCUT2D eigenvalue weighted by Gasteiger charge is -2.07. The molecule has 0 N–H and O–H groups in total. The molecule has 0 aliphatic carbocycles. The third-order valence-electron chi connectivity index (χ3n) is 4.45. The lowest BCUT2D eigenvalue weighted by molar-refractivity contribution is -0.133. The van der Waals surface area contributed by atoms with Gasteiger partial charge in [-0.05, 0) is 43.7 Å². The molecule has 7 heteroatoms. The van der Waals surface area contributed by atoms with Crippen molar-refractivity contribution < 1.29 is 18.7 Å². The van der Waals surface area contributed by atoms with E-state index in [9.17, 15) is 9.59 Å². The number of hydrogen-bond acceptors (Lipinski definition) is 7. The van der Waals surface area contributed by atoms with Gasteiger partial charge >= 0.3 is 11.6 Å². The summed E-state index contributed by atoms with van der Waals surface area (Å²) in [5.41, 5.74) is 2.26. The van der Waals surface area contributed by atoms with Gasteiger partial charge in [-0.1, -0.05) is 12.1 Å². The first-order chi connectivity index (χ1) is 14.5. The van der Waals surface area contributed by atoms with Crippen LogP contribution in [0.5, 0.6) is 11.5 Å². The lowest BCUT2D eigenvalue weighted by Crippen LogP contribution is -2.11. The van der Waals surface area contributed by atoms with Crippen molar-refractivity contribution >= 4 is 28.3 Å². The van der Waals surface area contributed by atoms with Crippen LogP contribution >= 0.6 is 11.3 Å². The number of hydrogen-bond donors (Lipinski definition) is 0. The van der Waals surface area contributed by atoms with Crippen LogP contribution in [0.4, 0.5) is 0 Å². The Morgan fingerprint density at radius 1 is 1.17 bits per heavy atom. The van der Waals surface area contributed by atoms with E-state index in [1.54, 1.807) is 18.2 Å². The molecule has 2 heterocycles. The summed E-state index contributed by atoms with van der Waals surface area (Å²) in [6, 6.07) is 14.1. The van der Waals surface area contributed by atoms with Crippen LogP contribution in [0.25, 0.3) is 21.5 Å². The number of benzene rings is 2. The molecule has 0 radical (unpaired) electrons. The van der Waals surface area contributed by atoms with Crippen LogP contribution < -0.4 is 15.1 Å². The van der Waals surface area contributed by atoms with Gasteiger partial charge in [-0.25, -0.2) is 9.78 Å². The second-order valence-corrected chi connectivity index (χ2v) is 7.49. The molecule has 0 amide bonds. The van der Waals surface area contributed by atoms with Gasteiger partial charge in [-0.2, -0.15) is 0 Å². The maximum absolute atomic E-state index is 12.4. The molecule has 4 aromatic rings. The van der Waals surface area contributed by atoms with E-state index in [0.29, 0.717) is 23.6 Å². The van der Waals surface area contributed by atoms with Gasteiger partial charge in [0.05, 0.1) is 24.3 Å². The average Bonchev–Trinajstić information content (AvgIpc) is 3.16. The standard InChI is InChI=1S/C23H19NO5S/c1-3-27-19-7-5-4-6-18(19)23-24-15(13-30-23)11-22(26)28-16-8-9-17-14(2)10-21(25)29-20(17)12-16/h4-10,12-13H,3,11H2,1-2H3. The van der Waals surface area contributed by atoms with Crippen LogP contribution in [0.3, 0.4) is 0 Å². The summed E-state index contributed by atoms with van der Waals surface area (Å²) in [6.07, 6.45) is 0.0309. The Kier molecular flexibility index (Phi) is 5.63. The molecule has 0 unspecified atom stereocenters. The summed E-state index contributed by atoms with van der Waals surface area (Å²) in [7, 11) is 0. The van der Waals surface area contributed by atoms with Gasteiger partial charge in [0.25, 0.3) is 0 Å². The average molecular weight is 421 g/mol. The van der Waals surface area contributed by atoms with Crippen molar-refractivity contribution in [3.05, 3.63) is 75.6 Å². The molecule has 0 aliphatic heterocycles. The number of thiazole rings is 1. The van der Waals surface area contributed by atoms with E-state index in [-0.39, 0.29) is 6.42 Å². The lowest BCUT2D eigenvalue weighted by atomic mass is 10.1. The maximum Gasteiger partial charge on any atom is 0.336 e. The third-order valence-corrected chi connectivity index (χ3v) is 5.37. The van der Waals surface area contributed by atoms with Crippen molar-refractivity contribution in [3.8, 4) is 22.1 Å². The maximum atomic E-state index is 12.4. The minimum Gasteiger partial charge on any atom is -0.493 e. The molecule has 0 spiro atoms. The Hall–Kier alpha value is -3.45. The number of fused-ring (bicyclic) bond motifs is 1. The summed E-state index contributed by atoms with van der Waals surface area (Å²) in [6.45, 7) is 4.32. The first-order valence-electron chi connectivity index (χ1n) is 9.45. The number of esters is 1. The number of rotatable bonds is 6. The molecule has 0 saturated carbocycles. The number of aromatic nitrogens is 1. The monoisotopic (exact) mass is 421 g/mol. The summed E-state index contributed by atoms with van der Waals surface area (Å²) in [5.74, 6) is 0.633. The van der Waals surface area contributed by atoms with Crippen molar-refractivity contribution in [1.82, 2.24) is 4.98 Å². The van der Waals surface area contributed by atoms with Crippen molar-refractivity contribution in [2.75, 3.05) is 6.61 Å². The van der Waals surface area contributed by atoms with Gasteiger partial charge in [0.1, 0.15) is 22.1 Å². The van der Waals surface area contributed by atoms with E-state index in [1.807, 2.05) is 43.5 Å². The van der Waals surface area contributed by atoms with E-state index in [1.165, 1.54) is 17.4 Å². The van der Waals surface area contributed by atoms with E-state index >= 15 is 0 Å². The van der Waals surface area contributed by atoms with Crippen LogP contribution in [0.1, 0.15) is 18.2 Å². The molecule has 0 fully saturated rings. The van der Waals surface area contributed by atoms with Crippen molar-refractivity contribution in [2.45, 2.75) is 20.3 Å². The fourth-order valence-corrected chi connectivity index (χ4v) is 3.97. The van der Waals surface area contributed by atoms with Gasteiger partial charge in [0, 0.05) is 22.9 Å². The number of aryl methyl sites for hydroxylation is 1. The van der Waals surface area contributed by atoms with Gasteiger partial charge < -0.3 is 13.9 Å². The highest BCUT2D eigenvalue weighted by Crippen LogP contribution is 2.32. The zero-order valence-electron chi connectivity index (χ0n) is 16.5. The molecule has 0 bridgehead atoms. The second kappa shape index (κ2) is 8.51. The van der Waals surface area contributed by atoms with Crippen LogP contribution in [-0.4, -0.2) is 17.6 Å². The Morgan fingerprint density at radius 3 is 2.83 bits per heavy atom. The summed E-state index contributed by atoms with van der Waals surface area (Å²) >= 11 is 1.45. The van der Waals surface area contributed by atoms with Crippen LogP contribution in [-0.2, 0) is 11.2 Å². The summed E-state index contributed by atoms with van der Waals surface area (Å²) < 4.78 is 16.3. The Labute approximate surface area is 176 Å². The van der Waals surface area contributed by atoms with Gasteiger partial charge in [-0.15, -0.1) is 11.3 Å². The highest BCUT2D eigenvalue weighted by atomic mass is 32.1. The number of para-hydroxylation sites is 1. The van der Waals surface area contributed by atoms with Gasteiger partial charge in [-0.3, -0.25) is 4.79 Å². The highest BCUT2D eigenvalue weighted by Gasteiger charge is 2.14. The number of ether oxygens (including phenoxy) is 2. The van der Waals surface area contributed by atoms with Crippen LogP contribution in [0, 0.1) is 6.92 Å². The fourth-order valence-electron chi connectivity index (χ4n) is 3.12. The van der Waals surface area contributed by atoms with E-state index in [4.69, 9.17) is 13.9 Å². The molecule has 2 aromatic heterocycles. The topological polar surface area (TPSA) is 78.6 Å². The largest absolute Gasteiger partial charge is 0.493 e. The molecule has 2 aromatic carbocycles. The molecule has 30 heavy (non-hydrogen) atoms. The predicted octanol–water partition coefficient (Wildman–Crippen LogP) is 4.77. The molecule has 0 aliphatic rings.